The van der Waals surface area contributed by atoms with Gasteiger partial charge in [0.2, 0.25) is 5.91 Å². The third kappa shape index (κ3) is 4.14. The van der Waals surface area contributed by atoms with E-state index in [2.05, 4.69) is 11.0 Å². The minimum absolute atomic E-state index is 0.0677. The summed E-state index contributed by atoms with van der Waals surface area (Å²) >= 11 is 1.84. The van der Waals surface area contributed by atoms with Crippen LogP contribution in [-0.4, -0.2) is 30.2 Å². The van der Waals surface area contributed by atoms with Crippen LogP contribution < -0.4 is 9.47 Å². The van der Waals surface area contributed by atoms with Crippen molar-refractivity contribution in [3.63, 3.8) is 0 Å². The van der Waals surface area contributed by atoms with E-state index in [4.69, 9.17) is 9.47 Å². The number of thioether (sulfide) groups is 1. The molecule has 1 atom stereocenters. The normalized spacial score (nSPS) is 19.8. The molecular weight excluding hydrogens is 370 g/mol. The first-order valence-corrected chi connectivity index (χ1v) is 11.1. The average molecular weight is 398 g/mol. The Morgan fingerprint density at radius 3 is 2.64 bits per heavy atom. The largest absolute Gasteiger partial charge is 0.493 e. The zero-order valence-corrected chi connectivity index (χ0v) is 17.1. The molecule has 1 aliphatic carbocycles. The van der Waals surface area contributed by atoms with Gasteiger partial charge in [-0.25, -0.2) is 0 Å². The van der Waals surface area contributed by atoms with E-state index in [1.165, 1.54) is 12.8 Å². The second kappa shape index (κ2) is 8.91. The van der Waals surface area contributed by atoms with Gasteiger partial charge in [0, 0.05) is 18.2 Å². The Kier molecular flexibility index (Phi) is 6.10. The highest BCUT2D eigenvalue weighted by atomic mass is 32.2. The van der Waals surface area contributed by atoms with Gasteiger partial charge in [0.05, 0.1) is 7.11 Å². The van der Waals surface area contributed by atoms with Crippen molar-refractivity contribution >= 4 is 17.7 Å². The van der Waals surface area contributed by atoms with E-state index in [1.54, 1.807) is 7.11 Å². The number of hydrogen-bond donors (Lipinski definition) is 0. The SMILES string of the molecule is COc1ccc([C@@H]2SCCN2C(=O)C2CCCC2)cc1OCc1ccccc1. The Morgan fingerprint density at radius 1 is 1.11 bits per heavy atom. The molecule has 1 saturated heterocycles. The fourth-order valence-electron chi connectivity index (χ4n) is 4.07. The Bertz CT molecular complexity index is 805. The summed E-state index contributed by atoms with van der Waals surface area (Å²) in [5.74, 6) is 2.97. The molecule has 28 heavy (non-hydrogen) atoms. The van der Waals surface area contributed by atoms with Gasteiger partial charge in [-0.1, -0.05) is 49.2 Å². The smallest absolute Gasteiger partial charge is 0.226 e. The number of nitrogens with zero attached hydrogens (tertiary/aromatic N) is 1. The summed E-state index contributed by atoms with van der Waals surface area (Å²) in [5.41, 5.74) is 2.22. The third-order valence-electron chi connectivity index (χ3n) is 5.59. The molecule has 0 radical (unpaired) electrons. The van der Waals surface area contributed by atoms with E-state index in [0.29, 0.717) is 12.5 Å². The summed E-state index contributed by atoms with van der Waals surface area (Å²) < 4.78 is 11.6. The maximum atomic E-state index is 13.0. The lowest BCUT2D eigenvalue weighted by atomic mass is 10.1. The molecule has 0 bridgehead atoms. The number of rotatable bonds is 6. The van der Waals surface area contributed by atoms with Crippen LogP contribution in [0, 0.1) is 5.92 Å². The fraction of sp³-hybridized carbons (Fsp3) is 0.435. The molecule has 4 nitrogen and oxygen atoms in total. The van der Waals surface area contributed by atoms with Crippen molar-refractivity contribution in [1.82, 2.24) is 4.90 Å². The topological polar surface area (TPSA) is 38.8 Å². The molecule has 2 aromatic rings. The lowest BCUT2D eigenvalue weighted by Gasteiger charge is -2.27. The van der Waals surface area contributed by atoms with Crippen molar-refractivity contribution in [3.05, 3.63) is 59.7 Å². The molecule has 2 aliphatic rings. The zero-order valence-electron chi connectivity index (χ0n) is 16.3. The van der Waals surface area contributed by atoms with Crippen LogP contribution in [0.15, 0.2) is 48.5 Å². The van der Waals surface area contributed by atoms with Gasteiger partial charge in [-0.05, 0) is 36.1 Å². The second-order valence-corrected chi connectivity index (χ2v) is 8.61. The van der Waals surface area contributed by atoms with Gasteiger partial charge in [-0.2, -0.15) is 0 Å². The molecule has 4 rings (SSSR count). The molecule has 0 spiro atoms. The first kappa shape index (κ1) is 19.2. The molecule has 2 fully saturated rings. The van der Waals surface area contributed by atoms with E-state index in [1.807, 2.05) is 54.2 Å². The molecule has 148 valence electrons. The highest BCUT2D eigenvalue weighted by Gasteiger charge is 2.35. The van der Waals surface area contributed by atoms with Crippen LogP contribution >= 0.6 is 11.8 Å². The van der Waals surface area contributed by atoms with Crippen LogP contribution in [0.3, 0.4) is 0 Å². The molecule has 2 aromatic carbocycles. The Hall–Kier alpha value is -2.14. The van der Waals surface area contributed by atoms with Crippen LogP contribution in [0.2, 0.25) is 0 Å². The number of hydrogen-bond acceptors (Lipinski definition) is 4. The van der Waals surface area contributed by atoms with Crippen LogP contribution in [-0.2, 0) is 11.4 Å². The molecular formula is C23H27NO3S. The standard InChI is InChI=1S/C23H27NO3S/c1-26-20-12-11-19(15-21(20)27-16-17-7-3-2-4-8-17)23-24(13-14-28-23)22(25)18-9-5-6-10-18/h2-4,7-8,11-12,15,18,23H,5-6,9-10,13-14,16H2,1H3/t23-/m0/s1. The summed E-state index contributed by atoms with van der Waals surface area (Å²) in [5, 5.41) is 0.0677. The first-order valence-electron chi connectivity index (χ1n) is 10.0. The van der Waals surface area contributed by atoms with E-state index >= 15 is 0 Å². The van der Waals surface area contributed by atoms with E-state index in [0.717, 1.165) is 47.8 Å². The zero-order chi connectivity index (χ0) is 19.3. The number of amides is 1. The van der Waals surface area contributed by atoms with E-state index in [9.17, 15) is 4.79 Å². The van der Waals surface area contributed by atoms with Crippen LogP contribution in [0.1, 0.15) is 42.2 Å². The van der Waals surface area contributed by atoms with Crippen molar-refractivity contribution in [2.45, 2.75) is 37.7 Å². The number of ether oxygens (including phenoxy) is 2. The van der Waals surface area contributed by atoms with Crippen LogP contribution in [0.5, 0.6) is 11.5 Å². The first-order chi connectivity index (χ1) is 13.8. The Balaban J connectivity index is 1.52. The van der Waals surface area contributed by atoms with Crippen LogP contribution in [0.4, 0.5) is 0 Å². The molecule has 1 aliphatic heterocycles. The average Bonchev–Trinajstić information content (AvgIpc) is 3.44. The highest BCUT2D eigenvalue weighted by Crippen LogP contribution is 2.43. The molecule has 5 heteroatoms. The van der Waals surface area contributed by atoms with Gasteiger partial charge in [0.1, 0.15) is 12.0 Å². The van der Waals surface area contributed by atoms with E-state index < -0.39 is 0 Å². The second-order valence-electron chi connectivity index (χ2n) is 7.42. The van der Waals surface area contributed by atoms with Crippen molar-refractivity contribution in [2.24, 2.45) is 5.92 Å². The molecule has 1 saturated carbocycles. The van der Waals surface area contributed by atoms with Gasteiger partial charge < -0.3 is 14.4 Å². The van der Waals surface area contributed by atoms with Gasteiger partial charge in [-0.15, -0.1) is 11.8 Å². The molecule has 0 unspecified atom stereocenters. The third-order valence-corrected chi connectivity index (χ3v) is 6.85. The summed E-state index contributed by atoms with van der Waals surface area (Å²) in [4.78, 5) is 15.1. The lowest BCUT2D eigenvalue weighted by molar-refractivity contribution is -0.135. The molecule has 0 N–H and O–H groups in total. The summed E-state index contributed by atoms with van der Waals surface area (Å²) in [6.45, 7) is 1.32. The quantitative estimate of drug-likeness (QED) is 0.685. The number of methoxy groups -OCH3 is 1. The molecule has 1 heterocycles. The van der Waals surface area contributed by atoms with Crippen molar-refractivity contribution in [3.8, 4) is 11.5 Å². The predicted octanol–water partition coefficient (Wildman–Crippen LogP) is 5.04. The minimum Gasteiger partial charge on any atom is -0.493 e. The van der Waals surface area contributed by atoms with Gasteiger partial charge in [0.25, 0.3) is 0 Å². The Morgan fingerprint density at radius 2 is 1.89 bits per heavy atom. The summed E-state index contributed by atoms with van der Waals surface area (Å²) in [6.07, 6.45) is 4.45. The maximum Gasteiger partial charge on any atom is 0.226 e. The van der Waals surface area contributed by atoms with Gasteiger partial charge >= 0.3 is 0 Å². The number of carbonyl (C=O) groups excluding carboxylic acids is 1. The lowest BCUT2D eigenvalue weighted by Crippen LogP contribution is -2.34. The minimum atomic E-state index is 0.0677. The van der Waals surface area contributed by atoms with Crippen LogP contribution in [0.25, 0.3) is 0 Å². The number of carbonyl (C=O) groups is 1. The molecule has 0 aromatic heterocycles. The van der Waals surface area contributed by atoms with Crippen molar-refractivity contribution in [2.75, 3.05) is 19.4 Å². The fourth-order valence-corrected chi connectivity index (χ4v) is 5.33. The van der Waals surface area contributed by atoms with E-state index in [-0.39, 0.29) is 11.3 Å². The predicted molar refractivity (Wildman–Crippen MR) is 113 cm³/mol. The number of benzene rings is 2. The monoisotopic (exact) mass is 397 g/mol. The van der Waals surface area contributed by atoms with Gasteiger partial charge in [0.15, 0.2) is 11.5 Å². The van der Waals surface area contributed by atoms with Crippen molar-refractivity contribution in [1.29, 1.82) is 0 Å². The maximum absolute atomic E-state index is 13.0. The summed E-state index contributed by atoms with van der Waals surface area (Å²) in [6, 6.07) is 16.2. The molecule has 1 amide bonds. The summed E-state index contributed by atoms with van der Waals surface area (Å²) in [7, 11) is 1.66. The highest BCUT2D eigenvalue weighted by molar-refractivity contribution is 7.99. The Labute approximate surface area is 171 Å². The van der Waals surface area contributed by atoms with Gasteiger partial charge in [-0.3, -0.25) is 4.79 Å². The van der Waals surface area contributed by atoms with Crippen molar-refractivity contribution < 1.29 is 14.3 Å².